The van der Waals surface area contributed by atoms with E-state index >= 15 is 0 Å². The van der Waals surface area contributed by atoms with Gasteiger partial charge in [-0.2, -0.15) is 0 Å². The maximum Gasteiger partial charge on any atom is 0.209 e. The lowest BCUT2D eigenvalue weighted by Gasteiger charge is -2.32. The number of unbranched alkanes of at least 4 members (excludes halogenated alkanes) is 4. The van der Waals surface area contributed by atoms with Crippen LogP contribution < -0.4 is 0 Å². The Bertz CT molecular complexity index is 165. The van der Waals surface area contributed by atoms with Crippen LogP contribution in [0.2, 0.25) is 0 Å². The minimum Gasteiger partial charge on any atom is -0.343 e. The molecule has 0 N–H and O–H groups in total. The van der Waals surface area contributed by atoms with Crippen molar-refractivity contribution >= 4 is 6.41 Å². The molecule has 0 radical (unpaired) electrons. The number of rotatable bonds is 7. The van der Waals surface area contributed by atoms with Gasteiger partial charge in [-0.1, -0.05) is 32.6 Å². The minimum absolute atomic E-state index is 0.915. The summed E-state index contributed by atoms with van der Waals surface area (Å²) in [6.07, 6.45) is 7.73. The highest BCUT2D eigenvalue weighted by atomic mass is 16.1. The molecule has 0 saturated carbocycles. The molecule has 1 fully saturated rings. The van der Waals surface area contributed by atoms with E-state index in [9.17, 15) is 4.79 Å². The van der Waals surface area contributed by atoms with Gasteiger partial charge in [-0.25, -0.2) is 0 Å². The second-order valence-electron chi connectivity index (χ2n) is 4.40. The zero-order chi connectivity index (χ0) is 10.9. The van der Waals surface area contributed by atoms with Crippen LogP contribution in [0.3, 0.4) is 0 Å². The molecule has 1 saturated heterocycles. The third-order valence-corrected chi connectivity index (χ3v) is 3.13. The van der Waals surface area contributed by atoms with Crippen LogP contribution >= 0.6 is 0 Å². The van der Waals surface area contributed by atoms with Crippen molar-refractivity contribution in [1.82, 2.24) is 9.80 Å². The van der Waals surface area contributed by atoms with Crippen molar-refractivity contribution in [2.45, 2.75) is 39.0 Å². The molecule has 0 bridgehead atoms. The summed E-state index contributed by atoms with van der Waals surface area (Å²) < 4.78 is 0. The third-order valence-electron chi connectivity index (χ3n) is 3.13. The lowest BCUT2D eigenvalue weighted by Crippen LogP contribution is -2.45. The molecule has 3 nitrogen and oxygen atoms in total. The van der Waals surface area contributed by atoms with Gasteiger partial charge in [0.25, 0.3) is 0 Å². The maximum atomic E-state index is 10.5. The summed E-state index contributed by atoms with van der Waals surface area (Å²) in [6.45, 7) is 7.42. The molecule has 88 valence electrons. The molecule has 0 aliphatic carbocycles. The highest BCUT2D eigenvalue weighted by Gasteiger charge is 2.13. The maximum absolute atomic E-state index is 10.5. The summed E-state index contributed by atoms with van der Waals surface area (Å²) in [5, 5.41) is 0. The zero-order valence-electron chi connectivity index (χ0n) is 9.95. The number of hydrogen-bond acceptors (Lipinski definition) is 2. The van der Waals surface area contributed by atoms with E-state index in [0.29, 0.717) is 0 Å². The predicted molar refractivity (Wildman–Crippen MR) is 62.8 cm³/mol. The standard InChI is InChI=1S/C12H24N2O/c1-2-3-4-5-6-7-13-8-10-14(12-15)11-9-13/h12H,2-11H2,1H3. The van der Waals surface area contributed by atoms with Crippen molar-refractivity contribution in [3.8, 4) is 0 Å². The van der Waals surface area contributed by atoms with Gasteiger partial charge in [0.1, 0.15) is 0 Å². The molecule has 0 aromatic rings. The molecule has 1 amide bonds. The van der Waals surface area contributed by atoms with Crippen LogP contribution in [0.15, 0.2) is 0 Å². The summed E-state index contributed by atoms with van der Waals surface area (Å²) in [5.74, 6) is 0. The second-order valence-corrected chi connectivity index (χ2v) is 4.40. The number of amides is 1. The van der Waals surface area contributed by atoms with Crippen LogP contribution in [0.1, 0.15) is 39.0 Å². The Kier molecular flexibility index (Phi) is 6.41. The topological polar surface area (TPSA) is 23.6 Å². The molecule has 15 heavy (non-hydrogen) atoms. The summed E-state index contributed by atoms with van der Waals surface area (Å²) in [7, 11) is 0. The molecule has 0 unspecified atom stereocenters. The van der Waals surface area contributed by atoms with Crippen molar-refractivity contribution < 1.29 is 4.79 Å². The molecule has 1 heterocycles. The van der Waals surface area contributed by atoms with Crippen molar-refractivity contribution in [1.29, 1.82) is 0 Å². The van der Waals surface area contributed by atoms with Gasteiger partial charge >= 0.3 is 0 Å². The second kappa shape index (κ2) is 7.69. The third kappa shape index (κ3) is 5.17. The monoisotopic (exact) mass is 212 g/mol. The van der Waals surface area contributed by atoms with E-state index in [2.05, 4.69) is 11.8 Å². The lowest BCUT2D eigenvalue weighted by molar-refractivity contribution is -0.119. The van der Waals surface area contributed by atoms with Crippen molar-refractivity contribution in [2.75, 3.05) is 32.7 Å². The minimum atomic E-state index is 0.915. The van der Waals surface area contributed by atoms with E-state index in [-0.39, 0.29) is 0 Å². The molecule has 0 aromatic carbocycles. The average Bonchev–Trinajstić information content (AvgIpc) is 2.30. The predicted octanol–water partition coefficient (Wildman–Crippen LogP) is 1.73. The van der Waals surface area contributed by atoms with E-state index in [4.69, 9.17) is 0 Å². The molecular formula is C12H24N2O. The Balaban J connectivity index is 1.96. The number of carbonyl (C=O) groups excluding carboxylic acids is 1. The van der Waals surface area contributed by atoms with E-state index in [0.717, 1.165) is 32.6 Å². The quantitative estimate of drug-likeness (QED) is 0.474. The van der Waals surface area contributed by atoms with Gasteiger partial charge < -0.3 is 4.90 Å². The molecule has 3 heteroatoms. The Hall–Kier alpha value is -0.570. The highest BCUT2D eigenvalue weighted by Crippen LogP contribution is 2.05. The first-order chi connectivity index (χ1) is 7.36. The molecule has 1 aliphatic rings. The smallest absolute Gasteiger partial charge is 0.209 e. The summed E-state index contributed by atoms with van der Waals surface area (Å²) in [4.78, 5) is 14.9. The summed E-state index contributed by atoms with van der Waals surface area (Å²) in [6, 6.07) is 0. The molecular weight excluding hydrogens is 188 g/mol. The first-order valence-corrected chi connectivity index (χ1v) is 6.28. The van der Waals surface area contributed by atoms with Gasteiger partial charge in [-0.15, -0.1) is 0 Å². The van der Waals surface area contributed by atoms with Crippen molar-refractivity contribution in [2.24, 2.45) is 0 Å². The largest absolute Gasteiger partial charge is 0.343 e. The van der Waals surface area contributed by atoms with E-state index in [1.54, 1.807) is 0 Å². The fourth-order valence-electron chi connectivity index (χ4n) is 2.03. The molecule has 0 atom stereocenters. The SMILES string of the molecule is CCCCCCCN1CCN(C=O)CC1. The first-order valence-electron chi connectivity index (χ1n) is 6.28. The van der Waals surface area contributed by atoms with Crippen molar-refractivity contribution in [3.63, 3.8) is 0 Å². The van der Waals surface area contributed by atoms with E-state index < -0.39 is 0 Å². The number of hydrogen-bond donors (Lipinski definition) is 0. The lowest BCUT2D eigenvalue weighted by atomic mass is 10.1. The van der Waals surface area contributed by atoms with Crippen LogP contribution in [0.5, 0.6) is 0 Å². The van der Waals surface area contributed by atoms with Gasteiger partial charge in [0, 0.05) is 26.2 Å². The Labute approximate surface area is 93.4 Å². The fraction of sp³-hybridized carbons (Fsp3) is 0.917. The Morgan fingerprint density at radius 3 is 2.27 bits per heavy atom. The number of carbonyl (C=O) groups is 1. The first kappa shape index (κ1) is 12.5. The molecule has 0 aromatic heterocycles. The van der Waals surface area contributed by atoms with Crippen LogP contribution in [-0.2, 0) is 4.79 Å². The summed E-state index contributed by atoms with van der Waals surface area (Å²) >= 11 is 0. The highest BCUT2D eigenvalue weighted by molar-refractivity contribution is 5.47. The van der Waals surface area contributed by atoms with Crippen molar-refractivity contribution in [3.05, 3.63) is 0 Å². The van der Waals surface area contributed by atoms with Gasteiger partial charge in [0.15, 0.2) is 0 Å². The van der Waals surface area contributed by atoms with E-state index in [1.807, 2.05) is 4.90 Å². The van der Waals surface area contributed by atoms with Gasteiger partial charge in [0.2, 0.25) is 6.41 Å². The normalized spacial score (nSPS) is 18.1. The van der Waals surface area contributed by atoms with E-state index in [1.165, 1.54) is 38.6 Å². The molecule has 1 rings (SSSR count). The average molecular weight is 212 g/mol. The molecule has 1 aliphatic heterocycles. The Morgan fingerprint density at radius 1 is 1.00 bits per heavy atom. The van der Waals surface area contributed by atoms with Crippen LogP contribution in [0.4, 0.5) is 0 Å². The number of piperazine rings is 1. The van der Waals surface area contributed by atoms with Crippen LogP contribution in [0.25, 0.3) is 0 Å². The molecule has 0 spiro atoms. The number of nitrogens with zero attached hydrogens (tertiary/aromatic N) is 2. The summed E-state index contributed by atoms with van der Waals surface area (Å²) in [5.41, 5.74) is 0. The Morgan fingerprint density at radius 2 is 1.67 bits per heavy atom. The van der Waals surface area contributed by atoms with Crippen LogP contribution in [0, 0.1) is 0 Å². The fourth-order valence-corrected chi connectivity index (χ4v) is 2.03. The van der Waals surface area contributed by atoms with Crippen LogP contribution in [-0.4, -0.2) is 48.9 Å². The zero-order valence-corrected chi connectivity index (χ0v) is 9.95. The van der Waals surface area contributed by atoms with Gasteiger partial charge in [-0.05, 0) is 13.0 Å². The van der Waals surface area contributed by atoms with Gasteiger partial charge in [-0.3, -0.25) is 9.69 Å². The van der Waals surface area contributed by atoms with Gasteiger partial charge in [0.05, 0.1) is 0 Å².